The highest BCUT2D eigenvalue weighted by Crippen LogP contribution is 2.39. The van der Waals surface area contributed by atoms with Crippen LogP contribution in [0.1, 0.15) is 16.7 Å². The van der Waals surface area contributed by atoms with Gasteiger partial charge in [0.05, 0.1) is 28.8 Å². The maximum atomic E-state index is 13.0. The largest absolute Gasteiger partial charge is 0.497 e. The third-order valence-corrected chi connectivity index (χ3v) is 5.27. The predicted molar refractivity (Wildman–Crippen MR) is 105 cm³/mol. The Morgan fingerprint density at radius 2 is 1.52 bits per heavy atom. The number of amidine groups is 1. The lowest BCUT2D eigenvalue weighted by Crippen LogP contribution is -2.23. The van der Waals surface area contributed by atoms with E-state index < -0.39 is 35.1 Å². The molecule has 1 saturated heterocycles. The van der Waals surface area contributed by atoms with Crippen LogP contribution in [0.5, 0.6) is 5.75 Å². The quantitative estimate of drug-likeness (QED) is 0.419. The summed E-state index contributed by atoms with van der Waals surface area (Å²) in [6, 6.07) is 7.77. The summed E-state index contributed by atoms with van der Waals surface area (Å²) >= 11 is 0.847. The van der Waals surface area contributed by atoms with Gasteiger partial charge in [-0.2, -0.15) is 26.3 Å². The number of alkyl halides is 6. The molecule has 0 spiro atoms. The molecule has 1 aliphatic heterocycles. The van der Waals surface area contributed by atoms with Crippen LogP contribution in [0.4, 0.5) is 32.0 Å². The molecule has 4 nitrogen and oxygen atoms in total. The van der Waals surface area contributed by atoms with Crippen LogP contribution >= 0.6 is 11.8 Å². The highest BCUT2D eigenvalue weighted by molar-refractivity contribution is 8.18. The Kier molecular flexibility index (Phi) is 6.08. The number of hydrogen-bond acceptors (Lipinski definition) is 4. The summed E-state index contributed by atoms with van der Waals surface area (Å²) in [5.74, 6) is 0.125. The number of likely N-dealkylation sites (N-methyl/N-ethyl adjacent to an activating group) is 1. The highest BCUT2D eigenvalue weighted by Gasteiger charge is 2.37. The summed E-state index contributed by atoms with van der Waals surface area (Å²) in [5, 5.41) is -0.0442. The molecule has 0 saturated carbocycles. The first-order valence-electron chi connectivity index (χ1n) is 8.58. The van der Waals surface area contributed by atoms with Gasteiger partial charge in [-0.1, -0.05) is 12.1 Å². The van der Waals surface area contributed by atoms with Crippen LogP contribution in [0.2, 0.25) is 0 Å². The van der Waals surface area contributed by atoms with Crippen molar-refractivity contribution < 1.29 is 35.9 Å². The molecule has 0 bridgehead atoms. The van der Waals surface area contributed by atoms with Gasteiger partial charge >= 0.3 is 12.4 Å². The highest BCUT2D eigenvalue weighted by atomic mass is 32.2. The van der Waals surface area contributed by atoms with Gasteiger partial charge in [-0.3, -0.25) is 9.69 Å². The Labute approximate surface area is 177 Å². The first kappa shape index (κ1) is 22.7. The number of amides is 1. The van der Waals surface area contributed by atoms with Gasteiger partial charge in [-0.05, 0) is 53.7 Å². The van der Waals surface area contributed by atoms with Gasteiger partial charge in [0.25, 0.3) is 5.91 Å². The number of ether oxygens (including phenoxy) is 1. The van der Waals surface area contributed by atoms with Crippen LogP contribution in [-0.4, -0.2) is 30.1 Å². The van der Waals surface area contributed by atoms with E-state index in [-0.39, 0.29) is 16.1 Å². The molecule has 1 aliphatic rings. The van der Waals surface area contributed by atoms with E-state index in [1.807, 2.05) is 0 Å². The molecule has 164 valence electrons. The Hall–Kier alpha value is -2.95. The number of rotatable bonds is 3. The second-order valence-corrected chi connectivity index (χ2v) is 7.42. The van der Waals surface area contributed by atoms with Gasteiger partial charge < -0.3 is 4.74 Å². The first-order valence-corrected chi connectivity index (χ1v) is 9.40. The van der Waals surface area contributed by atoms with Crippen molar-refractivity contribution in [1.82, 2.24) is 4.90 Å². The smallest absolute Gasteiger partial charge is 0.416 e. The molecule has 0 atom stereocenters. The molecule has 11 heteroatoms. The Bertz CT molecular complexity index is 1030. The lowest BCUT2D eigenvalue weighted by molar-refractivity contribution is -0.143. The van der Waals surface area contributed by atoms with Crippen LogP contribution in [0.15, 0.2) is 52.4 Å². The standard InChI is InChI=1S/C20H14F6N2O2S/c1-28-17(29)16(7-11-3-5-15(30-2)6-4-11)31-18(28)27-14-9-12(19(21,22)23)8-13(10-14)20(24,25)26/h3-10H,1-2H3/b16-7-,27-18?. The number of carbonyl (C=O) groups excluding carboxylic acids is 1. The molecule has 0 unspecified atom stereocenters. The fourth-order valence-electron chi connectivity index (χ4n) is 2.62. The van der Waals surface area contributed by atoms with Crippen molar-refractivity contribution in [2.24, 2.45) is 4.99 Å². The van der Waals surface area contributed by atoms with Crippen molar-refractivity contribution >= 4 is 34.6 Å². The number of methoxy groups -OCH3 is 1. The first-order chi connectivity index (χ1) is 14.4. The molecule has 0 aliphatic carbocycles. The number of halogens is 6. The van der Waals surface area contributed by atoms with E-state index in [0.717, 1.165) is 16.7 Å². The van der Waals surface area contributed by atoms with Crippen molar-refractivity contribution in [3.05, 3.63) is 64.1 Å². The zero-order chi connectivity index (χ0) is 23.0. The lowest BCUT2D eigenvalue weighted by atomic mass is 10.1. The van der Waals surface area contributed by atoms with E-state index in [1.165, 1.54) is 14.2 Å². The van der Waals surface area contributed by atoms with Gasteiger partial charge in [-0.25, -0.2) is 4.99 Å². The summed E-state index contributed by atoms with van der Waals surface area (Å²) in [6.07, 6.45) is -8.43. The molecule has 0 N–H and O–H groups in total. The Morgan fingerprint density at radius 1 is 0.968 bits per heavy atom. The van der Waals surface area contributed by atoms with E-state index in [4.69, 9.17) is 4.74 Å². The van der Waals surface area contributed by atoms with E-state index in [2.05, 4.69) is 4.99 Å². The van der Waals surface area contributed by atoms with Gasteiger partial charge in [-0.15, -0.1) is 0 Å². The molecule has 0 aromatic heterocycles. The van der Waals surface area contributed by atoms with Crippen molar-refractivity contribution in [2.75, 3.05) is 14.2 Å². The lowest BCUT2D eigenvalue weighted by Gasteiger charge is -2.13. The average molecular weight is 460 g/mol. The third-order valence-electron chi connectivity index (χ3n) is 4.21. The normalized spacial score (nSPS) is 17.7. The van der Waals surface area contributed by atoms with Crippen LogP contribution < -0.4 is 4.74 Å². The molecule has 31 heavy (non-hydrogen) atoms. The minimum atomic E-state index is -4.99. The third kappa shape index (κ3) is 5.22. The summed E-state index contributed by atoms with van der Waals surface area (Å²) in [7, 11) is 2.83. The van der Waals surface area contributed by atoms with E-state index >= 15 is 0 Å². The van der Waals surface area contributed by atoms with Crippen LogP contribution in [0.3, 0.4) is 0 Å². The minimum Gasteiger partial charge on any atom is -0.497 e. The Morgan fingerprint density at radius 3 is 2.00 bits per heavy atom. The number of benzene rings is 2. The monoisotopic (exact) mass is 460 g/mol. The average Bonchev–Trinajstić information content (AvgIpc) is 2.95. The van der Waals surface area contributed by atoms with Crippen LogP contribution in [-0.2, 0) is 17.1 Å². The second kappa shape index (κ2) is 8.29. The van der Waals surface area contributed by atoms with Crippen molar-refractivity contribution in [2.45, 2.75) is 12.4 Å². The molecule has 2 aromatic carbocycles. The molecular weight excluding hydrogens is 446 g/mol. The summed E-state index contributed by atoms with van der Waals surface area (Å²) in [4.78, 5) is 17.6. The van der Waals surface area contributed by atoms with E-state index in [0.29, 0.717) is 23.4 Å². The van der Waals surface area contributed by atoms with Crippen molar-refractivity contribution in [1.29, 1.82) is 0 Å². The van der Waals surface area contributed by atoms with Crippen LogP contribution in [0.25, 0.3) is 6.08 Å². The second-order valence-electron chi connectivity index (χ2n) is 6.41. The maximum Gasteiger partial charge on any atom is 0.416 e. The number of carbonyl (C=O) groups is 1. The minimum absolute atomic E-state index is 0.0232. The van der Waals surface area contributed by atoms with E-state index in [9.17, 15) is 31.1 Å². The van der Waals surface area contributed by atoms with Crippen molar-refractivity contribution in [3.63, 3.8) is 0 Å². The summed E-state index contributed by atoms with van der Waals surface area (Å²) in [5.41, 5.74) is -2.86. The van der Waals surface area contributed by atoms with Crippen LogP contribution in [0, 0.1) is 0 Å². The van der Waals surface area contributed by atoms with E-state index in [1.54, 1.807) is 30.3 Å². The fourth-order valence-corrected chi connectivity index (χ4v) is 3.60. The van der Waals surface area contributed by atoms with Gasteiger partial charge in [0, 0.05) is 7.05 Å². The maximum absolute atomic E-state index is 13.0. The number of thioether (sulfide) groups is 1. The van der Waals surface area contributed by atoms with Gasteiger partial charge in [0.1, 0.15) is 5.75 Å². The summed E-state index contributed by atoms with van der Waals surface area (Å²) in [6.45, 7) is 0. The zero-order valence-electron chi connectivity index (χ0n) is 16.0. The zero-order valence-corrected chi connectivity index (χ0v) is 16.8. The molecule has 0 radical (unpaired) electrons. The van der Waals surface area contributed by atoms with Gasteiger partial charge in [0.15, 0.2) is 5.17 Å². The van der Waals surface area contributed by atoms with Gasteiger partial charge in [0.2, 0.25) is 0 Å². The number of nitrogens with zero attached hydrogens (tertiary/aromatic N) is 2. The Balaban J connectivity index is 1.98. The number of hydrogen-bond donors (Lipinski definition) is 0. The molecule has 2 aromatic rings. The predicted octanol–water partition coefficient (Wildman–Crippen LogP) is 5.97. The van der Waals surface area contributed by atoms with Crippen molar-refractivity contribution in [3.8, 4) is 5.75 Å². The SMILES string of the molecule is COc1ccc(/C=C2\SC(=Nc3cc(C(F)(F)F)cc(C(F)(F)F)c3)N(C)C2=O)cc1. The fraction of sp³-hybridized carbons (Fsp3) is 0.200. The molecule has 1 fully saturated rings. The molecule has 3 rings (SSSR count). The molecule has 1 heterocycles. The summed E-state index contributed by atoms with van der Waals surface area (Å²) < 4.78 is 83.3. The molecular formula is C20H14F6N2O2S. The number of aliphatic imine (C=N–C) groups is 1. The topological polar surface area (TPSA) is 41.9 Å². The molecule has 1 amide bonds.